The highest BCUT2D eigenvalue weighted by Crippen LogP contribution is 2.30. The molecule has 0 bridgehead atoms. The minimum absolute atomic E-state index is 0.183. The molecule has 2 atom stereocenters. The van der Waals surface area contributed by atoms with E-state index in [1.807, 2.05) is 30.3 Å². The number of piperidine rings is 1. The number of ether oxygens (including phenoxy) is 3. The predicted molar refractivity (Wildman–Crippen MR) is 99.2 cm³/mol. The lowest BCUT2D eigenvalue weighted by Gasteiger charge is -2.37. The molecule has 1 saturated carbocycles. The van der Waals surface area contributed by atoms with E-state index in [-0.39, 0.29) is 24.8 Å². The standard InChI is InChI=1S/C20H28N2O5/c1-2-25-20(24)22-11-10-17(18(12-22)26-13-16-8-9-16)21-19(23)27-14-15-6-4-3-5-7-15/h3-7,16-18H,2,8-14H2,1H3,(H,21,23)/t17-,18+/m0/s1. The van der Waals surface area contributed by atoms with Crippen molar-refractivity contribution in [1.82, 2.24) is 10.2 Å². The quantitative estimate of drug-likeness (QED) is 0.792. The molecule has 1 aliphatic carbocycles. The van der Waals surface area contributed by atoms with Crippen LogP contribution in [-0.4, -0.2) is 55.5 Å². The van der Waals surface area contributed by atoms with Crippen molar-refractivity contribution < 1.29 is 23.8 Å². The van der Waals surface area contributed by atoms with Gasteiger partial charge in [-0.25, -0.2) is 9.59 Å². The first-order valence-corrected chi connectivity index (χ1v) is 9.66. The highest BCUT2D eigenvalue weighted by molar-refractivity contribution is 5.69. The highest BCUT2D eigenvalue weighted by Gasteiger charge is 2.35. The molecular formula is C20H28N2O5. The first-order valence-electron chi connectivity index (χ1n) is 9.66. The molecule has 1 saturated heterocycles. The molecule has 2 aliphatic rings. The van der Waals surface area contributed by atoms with Crippen LogP contribution in [0.15, 0.2) is 30.3 Å². The molecular weight excluding hydrogens is 348 g/mol. The Balaban J connectivity index is 1.51. The van der Waals surface area contributed by atoms with E-state index in [1.165, 1.54) is 12.8 Å². The Hall–Kier alpha value is -2.28. The van der Waals surface area contributed by atoms with Crippen LogP contribution in [0.5, 0.6) is 0 Å². The number of rotatable bonds is 7. The van der Waals surface area contributed by atoms with Gasteiger partial charge >= 0.3 is 12.2 Å². The summed E-state index contributed by atoms with van der Waals surface area (Å²) >= 11 is 0. The number of hydrogen-bond donors (Lipinski definition) is 1. The average Bonchev–Trinajstić information content (AvgIpc) is 3.51. The lowest BCUT2D eigenvalue weighted by molar-refractivity contribution is -0.0251. The monoisotopic (exact) mass is 376 g/mol. The van der Waals surface area contributed by atoms with Crippen LogP contribution in [0.25, 0.3) is 0 Å². The maximum Gasteiger partial charge on any atom is 0.409 e. The van der Waals surface area contributed by atoms with Crippen molar-refractivity contribution in [1.29, 1.82) is 0 Å². The fraction of sp³-hybridized carbons (Fsp3) is 0.600. The Morgan fingerprint density at radius 3 is 2.63 bits per heavy atom. The number of nitrogens with zero attached hydrogens (tertiary/aromatic N) is 1. The van der Waals surface area contributed by atoms with Gasteiger partial charge in [0.05, 0.1) is 25.3 Å². The number of nitrogens with one attached hydrogen (secondary N) is 1. The number of likely N-dealkylation sites (tertiary alicyclic amines) is 1. The summed E-state index contributed by atoms with van der Waals surface area (Å²) < 4.78 is 16.4. The summed E-state index contributed by atoms with van der Waals surface area (Å²) in [7, 11) is 0. The lowest BCUT2D eigenvalue weighted by Crippen LogP contribution is -2.56. The van der Waals surface area contributed by atoms with E-state index in [9.17, 15) is 9.59 Å². The summed E-state index contributed by atoms with van der Waals surface area (Å²) in [5.74, 6) is 0.605. The second-order valence-corrected chi connectivity index (χ2v) is 7.06. The fourth-order valence-electron chi connectivity index (χ4n) is 3.09. The van der Waals surface area contributed by atoms with Crippen molar-refractivity contribution in [3.63, 3.8) is 0 Å². The van der Waals surface area contributed by atoms with Gasteiger partial charge < -0.3 is 24.4 Å². The van der Waals surface area contributed by atoms with Crippen molar-refractivity contribution in [2.75, 3.05) is 26.3 Å². The normalized spacial score (nSPS) is 22.2. The third-order valence-electron chi connectivity index (χ3n) is 4.84. The zero-order valence-electron chi connectivity index (χ0n) is 15.8. The molecule has 1 aromatic rings. The number of benzene rings is 1. The minimum Gasteiger partial charge on any atom is -0.450 e. The zero-order chi connectivity index (χ0) is 19.1. The van der Waals surface area contributed by atoms with Gasteiger partial charge in [0.2, 0.25) is 0 Å². The Morgan fingerprint density at radius 2 is 1.93 bits per heavy atom. The molecule has 0 unspecified atom stereocenters. The number of carbonyl (C=O) groups is 2. The largest absolute Gasteiger partial charge is 0.450 e. The van der Waals surface area contributed by atoms with Crippen LogP contribution in [0.4, 0.5) is 9.59 Å². The van der Waals surface area contributed by atoms with E-state index in [1.54, 1.807) is 11.8 Å². The van der Waals surface area contributed by atoms with Gasteiger partial charge in [-0.3, -0.25) is 0 Å². The third-order valence-corrected chi connectivity index (χ3v) is 4.84. The van der Waals surface area contributed by atoms with Crippen molar-refractivity contribution >= 4 is 12.2 Å². The van der Waals surface area contributed by atoms with Crippen LogP contribution in [-0.2, 0) is 20.8 Å². The average molecular weight is 376 g/mol. The first kappa shape index (κ1) is 19.5. The number of amides is 2. The molecule has 7 nitrogen and oxygen atoms in total. The molecule has 2 fully saturated rings. The third kappa shape index (κ3) is 6.13. The molecule has 1 aromatic carbocycles. The van der Waals surface area contributed by atoms with Gasteiger partial charge in [-0.05, 0) is 37.7 Å². The van der Waals surface area contributed by atoms with Crippen LogP contribution < -0.4 is 5.32 Å². The second kappa shape index (κ2) is 9.60. The summed E-state index contributed by atoms with van der Waals surface area (Å²) in [6.45, 7) is 3.95. The second-order valence-electron chi connectivity index (χ2n) is 7.06. The van der Waals surface area contributed by atoms with Crippen LogP contribution in [0.1, 0.15) is 31.7 Å². The maximum atomic E-state index is 12.2. The van der Waals surface area contributed by atoms with E-state index in [4.69, 9.17) is 14.2 Å². The van der Waals surface area contributed by atoms with Gasteiger partial charge in [-0.15, -0.1) is 0 Å². The van der Waals surface area contributed by atoms with Gasteiger partial charge in [-0.2, -0.15) is 0 Å². The van der Waals surface area contributed by atoms with E-state index < -0.39 is 6.09 Å². The molecule has 0 aromatic heterocycles. The van der Waals surface area contributed by atoms with Crippen LogP contribution in [0, 0.1) is 5.92 Å². The minimum atomic E-state index is -0.464. The van der Waals surface area contributed by atoms with Gasteiger partial charge in [0.15, 0.2) is 0 Å². The fourth-order valence-corrected chi connectivity index (χ4v) is 3.09. The maximum absolute atomic E-state index is 12.2. The van der Waals surface area contributed by atoms with Crippen molar-refractivity contribution in [3.05, 3.63) is 35.9 Å². The Labute approximate surface area is 160 Å². The summed E-state index contributed by atoms with van der Waals surface area (Å²) in [5.41, 5.74) is 0.936. The van der Waals surface area contributed by atoms with E-state index >= 15 is 0 Å². The Kier molecular flexibility index (Phi) is 6.92. The van der Waals surface area contributed by atoms with E-state index in [0.717, 1.165) is 5.56 Å². The van der Waals surface area contributed by atoms with Gasteiger partial charge in [0.1, 0.15) is 6.61 Å². The summed E-state index contributed by atoms with van der Waals surface area (Å²) in [6, 6.07) is 9.37. The Bertz CT molecular complexity index is 620. The molecule has 1 N–H and O–H groups in total. The molecule has 7 heteroatoms. The SMILES string of the molecule is CCOC(=O)N1CC[C@H](NC(=O)OCc2ccccc2)[C@H](OCC2CC2)C1. The molecule has 27 heavy (non-hydrogen) atoms. The smallest absolute Gasteiger partial charge is 0.409 e. The summed E-state index contributed by atoms with van der Waals surface area (Å²) in [5, 5.41) is 2.91. The molecule has 2 amide bonds. The molecule has 0 radical (unpaired) electrons. The number of alkyl carbamates (subject to hydrolysis) is 1. The molecule has 148 valence electrons. The first-order chi connectivity index (χ1) is 13.2. The highest BCUT2D eigenvalue weighted by atomic mass is 16.6. The number of hydrogen-bond acceptors (Lipinski definition) is 5. The molecule has 1 aliphatic heterocycles. The van der Waals surface area contributed by atoms with Gasteiger partial charge in [-0.1, -0.05) is 30.3 Å². The van der Waals surface area contributed by atoms with Crippen LogP contribution in [0.3, 0.4) is 0 Å². The zero-order valence-corrected chi connectivity index (χ0v) is 15.8. The summed E-state index contributed by atoms with van der Waals surface area (Å²) in [6.07, 6.45) is 1.93. The topological polar surface area (TPSA) is 77.1 Å². The van der Waals surface area contributed by atoms with Crippen LogP contribution >= 0.6 is 0 Å². The lowest BCUT2D eigenvalue weighted by atomic mass is 10.0. The van der Waals surface area contributed by atoms with E-state index in [2.05, 4.69) is 5.32 Å². The Morgan fingerprint density at radius 1 is 1.15 bits per heavy atom. The van der Waals surface area contributed by atoms with Crippen molar-refractivity contribution in [2.45, 2.75) is 44.9 Å². The van der Waals surface area contributed by atoms with E-state index in [0.29, 0.717) is 38.6 Å². The van der Waals surface area contributed by atoms with Crippen molar-refractivity contribution in [3.8, 4) is 0 Å². The van der Waals surface area contributed by atoms with Gasteiger partial charge in [0, 0.05) is 13.2 Å². The van der Waals surface area contributed by atoms with Gasteiger partial charge in [0.25, 0.3) is 0 Å². The molecule has 3 rings (SSSR count). The summed E-state index contributed by atoms with van der Waals surface area (Å²) in [4.78, 5) is 25.9. The molecule has 1 heterocycles. The molecule has 0 spiro atoms. The van der Waals surface area contributed by atoms with Crippen molar-refractivity contribution in [2.24, 2.45) is 5.92 Å². The predicted octanol–water partition coefficient (Wildman–Crippen LogP) is 2.94. The number of carbonyl (C=O) groups excluding carboxylic acids is 2. The van der Waals surface area contributed by atoms with Crippen LogP contribution in [0.2, 0.25) is 0 Å².